The van der Waals surface area contributed by atoms with E-state index in [4.69, 9.17) is 10.8 Å². The van der Waals surface area contributed by atoms with Crippen LogP contribution in [0.4, 0.5) is 0 Å². The van der Waals surface area contributed by atoms with Crippen molar-refractivity contribution in [2.45, 2.75) is 24.8 Å². The number of halogens is 1. The van der Waals surface area contributed by atoms with E-state index >= 15 is 0 Å². The quantitative estimate of drug-likeness (QED) is 0.768. The van der Waals surface area contributed by atoms with Gasteiger partial charge in [-0.3, -0.25) is 0 Å². The number of carboxylic acid groups (broad SMARTS) is 1. The van der Waals surface area contributed by atoms with Crippen molar-refractivity contribution in [1.29, 1.82) is 0 Å². The number of fused-ring (bicyclic) bond motifs is 1. The fourth-order valence-corrected chi connectivity index (χ4v) is 2.09. The molecule has 1 aliphatic rings. The van der Waals surface area contributed by atoms with Crippen LogP contribution in [0.5, 0.6) is 0 Å². The predicted octanol–water partition coefficient (Wildman–Crippen LogP) is 1.68. The van der Waals surface area contributed by atoms with Crippen molar-refractivity contribution in [1.82, 2.24) is 0 Å². The SMILES string of the molecule is Cl.NC1(C(=O)O)CCCc2ccccc21. The number of carbonyl (C=O) groups is 1. The first-order chi connectivity index (χ1) is 6.64. The third kappa shape index (κ3) is 1.85. The van der Waals surface area contributed by atoms with Gasteiger partial charge in [0, 0.05) is 0 Å². The molecule has 82 valence electrons. The number of aryl methyl sites for hydroxylation is 1. The summed E-state index contributed by atoms with van der Waals surface area (Å²) in [5, 5.41) is 9.12. The standard InChI is InChI=1S/C11H13NO2.ClH/c12-11(10(13)14)7-3-5-8-4-1-2-6-9(8)11;/h1-2,4,6H,3,5,7,12H2,(H,13,14);1H. The molecule has 4 heteroatoms. The summed E-state index contributed by atoms with van der Waals surface area (Å²) >= 11 is 0. The highest BCUT2D eigenvalue weighted by molar-refractivity contribution is 5.85. The summed E-state index contributed by atoms with van der Waals surface area (Å²) < 4.78 is 0. The zero-order chi connectivity index (χ0) is 10.2. The molecule has 1 atom stereocenters. The molecule has 3 N–H and O–H groups in total. The highest BCUT2D eigenvalue weighted by Crippen LogP contribution is 2.33. The molecule has 0 aromatic heterocycles. The van der Waals surface area contributed by atoms with Crippen LogP contribution >= 0.6 is 12.4 Å². The first-order valence-corrected chi connectivity index (χ1v) is 4.75. The van der Waals surface area contributed by atoms with Crippen LogP contribution in [0, 0.1) is 0 Å². The van der Waals surface area contributed by atoms with Gasteiger partial charge >= 0.3 is 5.97 Å². The molecular formula is C11H14ClNO2. The highest BCUT2D eigenvalue weighted by atomic mass is 35.5. The van der Waals surface area contributed by atoms with Crippen LogP contribution in [0.3, 0.4) is 0 Å². The molecule has 1 unspecified atom stereocenters. The van der Waals surface area contributed by atoms with Gasteiger partial charge in [-0.15, -0.1) is 12.4 Å². The average Bonchev–Trinajstić information content (AvgIpc) is 2.18. The van der Waals surface area contributed by atoms with Crippen LogP contribution in [-0.4, -0.2) is 11.1 Å². The van der Waals surface area contributed by atoms with E-state index in [2.05, 4.69) is 0 Å². The van der Waals surface area contributed by atoms with Crippen LogP contribution < -0.4 is 5.73 Å². The molecule has 1 aromatic carbocycles. The fourth-order valence-electron chi connectivity index (χ4n) is 2.09. The summed E-state index contributed by atoms with van der Waals surface area (Å²) in [5.74, 6) is -0.926. The molecule has 0 saturated heterocycles. The van der Waals surface area contributed by atoms with Gasteiger partial charge in [0.05, 0.1) is 0 Å². The van der Waals surface area contributed by atoms with Crippen molar-refractivity contribution in [2.75, 3.05) is 0 Å². The van der Waals surface area contributed by atoms with Gasteiger partial charge < -0.3 is 10.8 Å². The first kappa shape index (κ1) is 12.0. The van der Waals surface area contributed by atoms with E-state index in [0.29, 0.717) is 6.42 Å². The molecule has 1 aromatic rings. The number of aliphatic carboxylic acids is 1. The minimum Gasteiger partial charge on any atom is -0.480 e. The Labute approximate surface area is 94.7 Å². The average molecular weight is 228 g/mol. The third-order valence-corrected chi connectivity index (χ3v) is 2.90. The maximum Gasteiger partial charge on any atom is 0.328 e. The summed E-state index contributed by atoms with van der Waals surface area (Å²) in [6.07, 6.45) is 2.31. The summed E-state index contributed by atoms with van der Waals surface area (Å²) in [6.45, 7) is 0. The van der Waals surface area contributed by atoms with Crippen LogP contribution in [0.15, 0.2) is 24.3 Å². The van der Waals surface area contributed by atoms with Crippen molar-refractivity contribution in [3.8, 4) is 0 Å². The second-order valence-electron chi connectivity index (χ2n) is 3.79. The number of carboxylic acids is 1. The lowest BCUT2D eigenvalue weighted by Crippen LogP contribution is -2.47. The van der Waals surface area contributed by atoms with Crippen molar-refractivity contribution < 1.29 is 9.90 Å². The van der Waals surface area contributed by atoms with E-state index in [1.165, 1.54) is 0 Å². The molecule has 0 amide bonds. The topological polar surface area (TPSA) is 63.3 Å². The van der Waals surface area contributed by atoms with E-state index in [1.807, 2.05) is 24.3 Å². The van der Waals surface area contributed by atoms with Gasteiger partial charge in [-0.05, 0) is 30.4 Å². The Morgan fingerprint density at radius 3 is 2.73 bits per heavy atom. The monoisotopic (exact) mass is 227 g/mol. The molecule has 2 rings (SSSR count). The molecule has 0 aliphatic heterocycles. The maximum atomic E-state index is 11.1. The van der Waals surface area contributed by atoms with E-state index in [-0.39, 0.29) is 12.4 Å². The molecule has 15 heavy (non-hydrogen) atoms. The van der Waals surface area contributed by atoms with Gasteiger partial charge in [0.25, 0.3) is 0 Å². The van der Waals surface area contributed by atoms with E-state index < -0.39 is 11.5 Å². The molecule has 0 fully saturated rings. The lowest BCUT2D eigenvalue weighted by atomic mass is 9.77. The molecule has 3 nitrogen and oxygen atoms in total. The molecular weight excluding hydrogens is 214 g/mol. The second-order valence-corrected chi connectivity index (χ2v) is 3.79. The van der Waals surface area contributed by atoms with Gasteiger partial charge in [0.15, 0.2) is 0 Å². The molecule has 0 radical (unpaired) electrons. The molecule has 1 aliphatic carbocycles. The number of benzene rings is 1. The largest absolute Gasteiger partial charge is 0.480 e. The third-order valence-electron chi connectivity index (χ3n) is 2.90. The Balaban J connectivity index is 0.00000112. The summed E-state index contributed by atoms with van der Waals surface area (Å²) in [7, 11) is 0. The normalized spacial score (nSPS) is 23.8. The van der Waals surface area contributed by atoms with Crippen LogP contribution in [0.1, 0.15) is 24.0 Å². The smallest absolute Gasteiger partial charge is 0.328 e. The Hall–Kier alpha value is -1.06. The Bertz CT molecular complexity index is 381. The molecule has 0 saturated carbocycles. The summed E-state index contributed by atoms with van der Waals surface area (Å²) in [4.78, 5) is 11.1. The van der Waals surface area contributed by atoms with Crippen molar-refractivity contribution >= 4 is 18.4 Å². The minimum absolute atomic E-state index is 0. The van der Waals surface area contributed by atoms with E-state index in [9.17, 15) is 4.79 Å². The maximum absolute atomic E-state index is 11.1. The zero-order valence-corrected chi connectivity index (χ0v) is 9.09. The van der Waals surface area contributed by atoms with Crippen molar-refractivity contribution in [3.63, 3.8) is 0 Å². The molecule has 0 spiro atoms. The number of nitrogens with two attached hydrogens (primary N) is 1. The lowest BCUT2D eigenvalue weighted by molar-refractivity contribution is -0.144. The minimum atomic E-state index is -1.17. The van der Waals surface area contributed by atoms with Crippen molar-refractivity contribution in [2.24, 2.45) is 5.73 Å². The molecule has 0 heterocycles. The zero-order valence-electron chi connectivity index (χ0n) is 8.27. The summed E-state index contributed by atoms with van der Waals surface area (Å²) in [5.41, 5.74) is 6.59. The first-order valence-electron chi connectivity index (χ1n) is 4.75. The van der Waals surface area contributed by atoms with Gasteiger partial charge in [-0.25, -0.2) is 4.79 Å². The number of hydrogen-bond donors (Lipinski definition) is 2. The van der Waals surface area contributed by atoms with Gasteiger partial charge in [0.1, 0.15) is 5.54 Å². The Morgan fingerprint density at radius 1 is 1.40 bits per heavy atom. The summed E-state index contributed by atoms with van der Waals surface area (Å²) in [6, 6.07) is 7.54. The molecule has 0 bridgehead atoms. The predicted molar refractivity (Wildman–Crippen MR) is 60.1 cm³/mol. The van der Waals surface area contributed by atoms with E-state index in [0.717, 1.165) is 24.0 Å². The van der Waals surface area contributed by atoms with Crippen LogP contribution in [0.2, 0.25) is 0 Å². The van der Waals surface area contributed by atoms with Crippen LogP contribution in [0.25, 0.3) is 0 Å². The fraction of sp³-hybridized carbons (Fsp3) is 0.364. The van der Waals surface area contributed by atoms with Gasteiger partial charge in [0.2, 0.25) is 0 Å². The van der Waals surface area contributed by atoms with Crippen molar-refractivity contribution in [3.05, 3.63) is 35.4 Å². The Morgan fingerprint density at radius 2 is 2.07 bits per heavy atom. The Kier molecular flexibility index (Phi) is 3.37. The van der Waals surface area contributed by atoms with Gasteiger partial charge in [-0.1, -0.05) is 24.3 Å². The van der Waals surface area contributed by atoms with Crippen LogP contribution in [-0.2, 0) is 16.8 Å². The highest BCUT2D eigenvalue weighted by Gasteiger charge is 2.39. The number of rotatable bonds is 1. The number of hydrogen-bond acceptors (Lipinski definition) is 2. The van der Waals surface area contributed by atoms with Gasteiger partial charge in [-0.2, -0.15) is 0 Å². The lowest BCUT2D eigenvalue weighted by Gasteiger charge is -2.31. The second kappa shape index (κ2) is 4.21. The van der Waals surface area contributed by atoms with E-state index in [1.54, 1.807) is 0 Å².